The van der Waals surface area contributed by atoms with E-state index in [0.29, 0.717) is 6.61 Å². The van der Waals surface area contributed by atoms with Crippen molar-refractivity contribution in [3.63, 3.8) is 0 Å². The number of carbonyl (C=O) groups is 1. The van der Waals surface area contributed by atoms with Crippen LogP contribution >= 0.6 is 0 Å². The van der Waals surface area contributed by atoms with Crippen molar-refractivity contribution in [2.75, 3.05) is 26.4 Å². The molecule has 5 nitrogen and oxygen atoms in total. The lowest BCUT2D eigenvalue weighted by Crippen LogP contribution is -2.29. The van der Waals surface area contributed by atoms with E-state index >= 15 is 0 Å². The zero-order valence-electron chi connectivity index (χ0n) is 7.16. The Morgan fingerprint density at radius 3 is 2.67 bits per heavy atom. The van der Waals surface area contributed by atoms with E-state index in [2.05, 4.69) is 4.74 Å². The molecule has 0 aromatic rings. The smallest absolute Gasteiger partial charge is 0.322 e. The van der Waals surface area contributed by atoms with Gasteiger partial charge in [-0.15, -0.1) is 0 Å². The van der Waals surface area contributed by atoms with E-state index < -0.39 is 12.0 Å². The molecule has 0 bridgehead atoms. The molecule has 0 aromatic heterocycles. The molecule has 0 saturated heterocycles. The van der Waals surface area contributed by atoms with E-state index in [9.17, 15) is 4.79 Å². The molecule has 0 aliphatic rings. The predicted octanol–water partition coefficient (Wildman–Crippen LogP) is -1.11. The van der Waals surface area contributed by atoms with Crippen LogP contribution in [-0.2, 0) is 14.3 Å². The normalized spacial score (nSPS) is 12.6. The van der Waals surface area contributed by atoms with Gasteiger partial charge in [-0.3, -0.25) is 4.79 Å². The Bertz CT molecular complexity index is 127. The summed E-state index contributed by atoms with van der Waals surface area (Å²) in [6.07, 6.45) is 0. The summed E-state index contributed by atoms with van der Waals surface area (Å²) < 4.78 is 9.52. The topological polar surface area (TPSA) is 81.8 Å². The van der Waals surface area contributed by atoms with Gasteiger partial charge in [0.25, 0.3) is 0 Å². The van der Waals surface area contributed by atoms with E-state index in [-0.39, 0.29) is 19.8 Å². The molecule has 0 rings (SSSR count). The number of carbonyl (C=O) groups excluding carboxylic acids is 1. The average molecular weight is 177 g/mol. The van der Waals surface area contributed by atoms with Crippen LogP contribution in [0.3, 0.4) is 0 Å². The summed E-state index contributed by atoms with van der Waals surface area (Å²) in [4.78, 5) is 10.7. The van der Waals surface area contributed by atoms with E-state index in [1.54, 1.807) is 6.92 Å². The van der Waals surface area contributed by atoms with Crippen molar-refractivity contribution < 1.29 is 19.4 Å². The molecule has 72 valence electrons. The van der Waals surface area contributed by atoms with Crippen LogP contribution in [0, 0.1) is 0 Å². The molecular weight excluding hydrogens is 162 g/mol. The summed E-state index contributed by atoms with van der Waals surface area (Å²) in [5, 5.41) is 8.31. The highest BCUT2D eigenvalue weighted by Crippen LogP contribution is 1.84. The van der Waals surface area contributed by atoms with Gasteiger partial charge in [-0.25, -0.2) is 0 Å². The molecule has 0 aliphatic carbocycles. The highest BCUT2D eigenvalue weighted by atomic mass is 16.6. The van der Waals surface area contributed by atoms with Gasteiger partial charge >= 0.3 is 5.97 Å². The van der Waals surface area contributed by atoms with Crippen LogP contribution in [0.4, 0.5) is 0 Å². The van der Waals surface area contributed by atoms with Gasteiger partial charge < -0.3 is 20.3 Å². The van der Waals surface area contributed by atoms with Crippen molar-refractivity contribution in [2.24, 2.45) is 5.73 Å². The van der Waals surface area contributed by atoms with Crippen molar-refractivity contribution in [1.82, 2.24) is 0 Å². The summed E-state index contributed by atoms with van der Waals surface area (Å²) in [6, 6.07) is -0.595. The zero-order valence-corrected chi connectivity index (χ0v) is 7.16. The van der Waals surface area contributed by atoms with Crippen molar-refractivity contribution in [3.05, 3.63) is 0 Å². The minimum Gasteiger partial charge on any atom is -0.462 e. The number of hydrogen-bond donors (Lipinski definition) is 2. The first-order chi connectivity index (χ1) is 5.68. The van der Waals surface area contributed by atoms with Gasteiger partial charge in [0.05, 0.1) is 19.8 Å². The van der Waals surface area contributed by atoms with Crippen LogP contribution in [0.25, 0.3) is 0 Å². The minimum absolute atomic E-state index is 0.0265. The molecule has 0 heterocycles. The van der Waals surface area contributed by atoms with Crippen molar-refractivity contribution in [3.8, 4) is 0 Å². The molecule has 0 spiro atoms. The average Bonchev–Trinajstić information content (AvgIpc) is 2.03. The Hall–Kier alpha value is -0.650. The Kier molecular flexibility index (Phi) is 6.64. The van der Waals surface area contributed by atoms with Crippen LogP contribution in [0.5, 0.6) is 0 Å². The summed E-state index contributed by atoms with van der Waals surface area (Å²) in [5.74, 6) is -0.442. The second-order valence-electron chi connectivity index (χ2n) is 2.29. The first kappa shape index (κ1) is 11.4. The summed E-state index contributed by atoms with van der Waals surface area (Å²) in [7, 11) is 0. The number of aliphatic hydroxyl groups excluding tert-OH is 1. The zero-order chi connectivity index (χ0) is 9.40. The van der Waals surface area contributed by atoms with Gasteiger partial charge in [-0.1, -0.05) is 0 Å². The fourth-order valence-corrected chi connectivity index (χ4v) is 0.499. The van der Waals surface area contributed by atoms with Crippen LogP contribution in [0.15, 0.2) is 0 Å². The molecule has 5 heteroatoms. The Labute approximate surface area is 71.5 Å². The maximum Gasteiger partial charge on any atom is 0.322 e. The van der Waals surface area contributed by atoms with Gasteiger partial charge in [-0.2, -0.15) is 0 Å². The summed E-state index contributed by atoms with van der Waals surface area (Å²) in [6.45, 7) is 2.26. The number of nitrogens with two attached hydrogens (primary N) is 1. The number of aliphatic hydroxyl groups is 1. The second-order valence-corrected chi connectivity index (χ2v) is 2.29. The molecule has 12 heavy (non-hydrogen) atoms. The lowest BCUT2D eigenvalue weighted by atomic mass is 10.4. The standard InChI is InChI=1S/C7H15NO4/c1-6(8)7(10)12-5-4-11-3-2-9/h6,9H,2-5,8H2,1H3/t6-/m0/s1. The Morgan fingerprint density at radius 1 is 1.50 bits per heavy atom. The molecule has 0 saturated carbocycles. The Morgan fingerprint density at radius 2 is 2.17 bits per heavy atom. The molecular formula is C7H15NO4. The fourth-order valence-electron chi connectivity index (χ4n) is 0.499. The van der Waals surface area contributed by atoms with E-state index in [0.717, 1.165) is 0 Å². The first-order valence-electron chi connectivity index (χ1n) is 3.79. The number of ether oxygens (including phenoxy) is 2. The predicted molar refractivity (Wildman–Crippen MR) is 42.5 cm³/mol. The molecule has 0 radical (unpaired) electrons. The third-order valence-corrected chi connectivity index (χ3v) is 1.08. The summed E-state index contributed by atoms with van der Waals surface area (Å²) >= 11 is 0. The van der Waals surface area contributed by atoms with Gasteiger partial charge in [-0.05, 0) is 6.92 Å². The quantitative estimate of drug-likeness (QED) is 0.397. The SMILES string of the molecule is C[C@H](N)C(=O)OCCOCCO. The highest BCUT2D eigenvalue weighted by Gasteiger charge is 2.07. The van der Waals surface area contributed by atoms with Crippen LogP contribution < -0.4 is 5.73 Å². The van der Waals surface area contributed by atoms with Crippen LogP contribution in [0.2, 0.25) is 0 Å². The number of rotatable bonds is 6. The largest absolute Gasteiger partial charge is 0.462 e. The minimum atomic E-state index is -0.595. The molecule has 0 aliphatic heterocycles. The molecule has 3 N–H and O–H groups in total. The molecule has 0 unspecified atom stereocenters. The monoisotopic (exact) mass is 177 g/mol. The Balaban J connectivity index is 3.14. The van der Waals surface area contributed by atoms with Gasteiger partial charge in [0.2, 0.25) is 0 Å². The van der Waals surface area contributed by atoms with E-state index in [1.165, 1.54) is 0 Å². The number of esters is 1. The molecule has 0 fully saturated rings. The maximum atomic E-state index is 10.7. The highest BCUT2D eigenvalue weighted by molar-refractivity contribution is 5.74. The second kappa shape index (κ2) is 7.02. The third-order valence-electron chi connectivity index (χ3n) is 1.08. The molecule has 1 atom stereocenters. The summed E-state index contributed by atoms with van der Waals surface area (Å²) in [5.41, 5.74) is 5.22. The van der Waals surface area contributed by atoms with Crippen molar-refractivity contribution >= 4 is 5.97 Å². The van der Waals surface area contributed by atoms with E-state index in [1.807, 2.05) is 0 Å². The number of hydrogen-bond acceptors (Lipinski definition) is 5. The van der Waals surface area contributed by atoms with Crippen LogP contribution in [0.1, 0.15) is 6.92 Å². The van der Waals surface area contributed by atoms with Gasteiger partial charge in [0, 0.05) is 0 Å². The third kappa shape index (κ3) is 6.09. The first-order valence-corrected chi connectivity index (χ1v) is 3.79. The van der Waals surface area contributed by atoms with Crippen molar-refractivity contribution in [1.29, 1.82) is 0 Å². The molecule has 0 aromatic carbocycles. The van der Waals surface area contributed by atoms with E-state index in [4.69, 9.17) is 15.6 Å². The molecule has 0 amide bonds. The lowest BCUT2D eigenvalue weighted by molar-refractivity contribution is -0.146. The van der Waals surface area contributed by atoms with Crippen molar-refractivity contribution in [2.45, 2.75) is 13.0 Å². The van der Waals surface area contributed by atoms with Crippen LogP contribution in [-0.4, -0.2) is 43.5 Å². The lowest BCUT2D eigenvalue weighted by Gasteiger charge is -2.06. The maximum absolute atomic E-state index is 10.7. The van der Waals surface area contributed by atoms with Gasteiger partial charge in [0.15, 0.2) is 0 Å². The van der Waals surface area contributed by atoms with Gasteiger partial charge in [0.1, 0.15) is 12.6 Å². The fraction of sp³-hybridized carbons (Fsp3) is 0.857.